The topological polar surface area (TPSA) is 188 Å². The van der Waals surface area contributed by atoms with Crippen molar-refractivity contribution in [2.75, 3.05) is 6.54 Å². The summed E-state index contributed by atoms with van der Waals surface area (Å²) in [5, 5.41) is 24.2. The number of phenolic OH excluding ortho intramolecular Hbond substituents is 1. The molecule has 3 rings (SSSR count). The molecule has 0 saturated heterocycles. The summed E-state index contributed by atoms with van der Waals surface area (Å²) in [5.74, 6) is -1.70. The molecule has 11 nitrogen and oxygen atoms in total. The highest BCUT2D eigenvalue weighted by Gasteiger charge is 2.21. The zero-order valence-electron chi connectivity index (χ0n) is 23.1. The van der Waals surface area contributed by atoms with Crippen molar-refractivity contribution in [1.29, 1.82) is 0 Å². The first-order chi connectivity index (χ1) is 19.6. The molecule has 0 fully saturated rings. The van der Waals surface area contributed by atoms with Crippen LogP contribution in [0.2, 0.25) is 0 Å². The number of H-pyrrole nitrogens is 1. The number of carbonyl (C=O) groups is 3. The lowest BCUT2D eigenvalue weighted by Crippen LogP contribution is -2.42. The summed E-state index contributed by atoms with van der Waals surface area (Å²) >= 11 is 0. The number of aryl methyl sites for hydroxylation is 3. The van der Waals surface area contributed by atoms with Crippen LogP contribution in [0, 0.1) is 6.92 Å². The van der Waals surface area contributed by atoms with Crippen LogP contribution in [0.15, 0.2) is 59.4 Å². The number of nitrogens with two attached hydrogens (primary N) is 1. The van der Waals surface area contributed by atoms with Crippen LogP contribution >= 0.6 is 0 Å². The minimum Gasteiger partial charge on any atom is -0.508 e. The summed E-state index contributed by atoms with van der Waals surface area (Å²) in [6, 6.07) is 13.8. The number of amides is 2. The van der Waals surface area contributed by atoms with Gasteiger partial charge in [0.2, 0.25) is 11.8 Å². The molecule has 0 bridgehead atoms. The number of aliphatic carboxylic acids is 1. The van der Waals surface area contributed by atoms with Crippen molar-refractivity contribution in [1.82, 2.24) is 20.6 Å². The minimum atomic E-state index is -1.13. The number of hydrogen-bond donors (Lipinski definition) is 6. The Bertz CT molecular complexity index is 1370. The predicted molar refractivity (Wildman–Crippen MR) is 153 cm³/mol. The first-order valence-corrected chi connectivity index (χ1v) is 13.6. The fourth-order valence-corrected chi connectivity index (χ4v) is 4.33. The van der Waals surface area contributed by atoms with E-state index in [2.05, 4.69) is 20.6 Å². The number of hydrogen-bond acceptors (Lipinski definition) is 7. The van der Waals surface area contributed by atoms with Gasteiger partial charge in [0.05, 0.1) is 11.7 Å². The zero-order chi connectivity index (χ0) is 29.8. The van der Waals surface area contributed by atoms with Crippen LogP contribution in [0.4, 0.5) is 0 Å². The van der Waals surface area contributed by atoms with Crippen LogP contribution in [0.25, 0.3) is 0 Å². The number of unbranched alkanes of at least 4 members (excludes halogenated alkanes) is 1. The number of aromatic hydroxyl groups is 1. The van der Waals surface area contributed by atoms with Gasteiger partial charge in [-0.05, 0) is 55.9 Å². The molecule has 0 aliphatic heterocycles. The normalized spacial score (nSPS) is 12.3. The average molecular weight is 564 g/mol. The molecule has 2 aromatic carbocycles. The number of aromatic amines is 1. The average Bonchev–Trinajstić information content (AvgIpc) is 2.94. The van der Waals surface area contributed by atoms with Crippen molar-refractivity contribution in [2.45, 2.75) is 64.0 Å². The lowest BCUT2D eigenvalue weighted by molar-refractivity contribution is -0.141. The van der Waals surface area contributed by atoms with Gasteiger partial charge in [-0.1, -0.05) is 42.5 Å². The molecule has 1 heterocycles. The molecule has 11 heteroatoms. The molecule has 0 saturated carbocycles. The van der Waals surface area contributed by atoms with Gasteiger partial charge in [0.1, 0.15) is 17.5 Å². The van der Waals surface area contributed by atoms with Crippen molar-refractivity contribution < 1.29 is 24.6 Å². The molecule has 2 atom stereocenters. The molecule has 0 spiro atoms. The summed E-state index contributed by atoms with van der Waals surface area (Å²) in [4.78, 5) is 56.1. The van der Waals surface area contributed by atoms with Crippen LogP contribution in [0.1, 0.15) is 47.5 Å². The second-order valence-electron chi connectivity index (χ2n) is 9.95. The van der Waals surface area contributed by atoms with E-state index < -0.39 is 24.0 Å². The summed E-state index contributed by atoms with van der Waals surface area (Å²) in [6.45, 7) is 2.22. The lowest BCUT2D eigenvalue weighted by atomic mass is 10.1. The quantitative estimate of drug-likeness (QED) is 0.150. The SMILES string of the molecule is Cc1nc(CCC(=O)N[C@@H](Cc2ccccc2)C(=O)O)c(=O)[nH]c1CCCCNC(=O)[C@@H](N)Cc1ccc(O)cc1. The van der Waals surface area contributed by atoms with Gasteiger partial charge in [0, 0.05) is 31.5 Å². The zero-order valence-corrected chi connectivity index (χ0v) is 23.1. The van der Waals surface area contributed by atoms with Gasteiger partial charge in [0.15, 0.2) is 0 Å². The summed E-state index contributed by atoms with van der Waals surface area (Å²) in [6.07, 6.45) is 2.47. The number of benzene rings is 2. The fourth-order valence-electron chi connectivity index (χ4n) is 4.33. The maximum Gasteiger partial charge on any atom is 0.326 e. The summed E-state index contributed by atoms with van der Waals surface area (Å²) in [5.41, 5.74) is 8.79. The molecular formula is C30H37N5O6. The van der Waals surface area contributed by atoms with Gasteiger partial charge >= 0.3 is 5.97 Å². The maximum atomic E-state index is 12.6. The Labute approximate surface area is 238 Å². The number of phenols is 1. The Balaban J connectivity index is 1.41. The van der Waals surface area contributed by atoms with Crippen LogP contribution in [-0.4, -0.2) is 56.6 Å². The Hall–Kier alpha value is -4.51. The van der Waals surface area contributed by atoms with Crippen molar-refractivity contribution in [3.63, 3.8) is 0 Å². The summed E-state index contributed by atoms with van der Waals surface area (Å²) in [7, 11) is 0. The number of rotatable bonds is 15. The largest absolute Gasteiger partial charge is 0.508 e. The molecule has 0 unspecified atom stereocenters. The van der Waals surface area contributed by atoms with Crippen LogP contribution < -0.4 is 21.9 Å². The van der Waals surface area contributed by atoms with Gasteiger partial charge in [-0.3, -0.25) is 19.4 Å². The van der Waals surface area contributed by atoms with Gasteiger partial charge in [0.25, 0.3) is 5.56 Å². The highest BCUT2D eigenvalue weighted by Crippen LogP contribution is 2.11. The maximum absolute atomic E-state index is 12.6. The van der Waals surface area contributed by atoms with Crippen LogP contribution in [0.5, 0.6) is 5.75 Å². The molecule has 0 aliphatic carbocycles. The van der Waals surface area contributed by atoms with Crippen LogP contribution in [-0.2, 0) is 40.1 Å². The molecule has 2 amide bonds. The van der Waals surface area contributed by atoms with E-state index in [1.165, 1.54) is 0 Å². The molecule has 1 aromatic heterocycles. The van der Waals surface area contributed by atoms with Crippen LogP contribution in [0.3, 0.4) is 0 Å². The number of nitrogens with zero attached hydrogens (tertiary/aromatic N) is 1. The lowest BCUT2D eigenvalue weighted by Gasteiger charge is -2.15. The fraction of sp³-hybridized carbons (Fsp3) is 0.367. The number of carboxylic acids is 1. The molecule has 7 N–H and O–H groups in total. The third-order valence-corrected chi connectivity index (χ3v) is 6.65. The Morgan fingerprint density at radius 2 is 1.66 bits per heavy atom. The number of aromatic nitrogens is 2. The van der Waals surface area contributed by atoms with E-state index in [4.69, 9.17) is 5.73 Å². The first kappa shape index (κ1) is 31.0. The smallest absolute Gasteiger partial charge is 0.326 e. The highest BCUT2D eigenvalue weighted by atomic mass is 16.4. The molecule has 0 aliphatic rings. The van der Waals surface area contributed by atoms with Gasteiger partial charge in [-0.15, -0.1) is 0 Å². The van der Waals surface area contributed by atoms with E-state index >= 15 is 0 Å². The van der Waals surface area contributed by atoms with Crippen molar-refractivity contribution in [3.8, 4) is 5.75 Å². The number of nitrogens with one attached hydrogen (secondary N) is 3. The predicted octanol–water partition coefficient (Wildman–Crippen LogP) is 1.54. The first-order valence-electron chi connectivity index (χ1n) is 13.6. The monoisotopic (exact) mass is 563 g/mol. The van der Waals surface area contributed by atoms with Crippen molar-refractivity contribution in [3.05, 3.63) is 93.2 Å². The third kappa shape index (κ3) is 10.2. The number of carboxylic acid groups (broad SMARTS) is 1. The minimum absolute atomic E-state index is 0.0674. The standard InChI is InChI=1S/C30H37N5O6/c1-19-24(9-5-6-16-32-28(38)23(31)17-21-10-12-22(36)13-11-21)35-29(39)25(33-19)14-15-27(37)34-26(30(40)41)18-20-7-3-2-4-8-20/h2-4,7-8,10-13,23,26,36H,5-6,9,14-18,31H2,1H3,(H,32,38)(H,34,37)(H,35,39)(H,40,41)/t23-,26-/m0/s1. The number of carbonyl (C=O) groups excluding carboxylic acids is 2. The second-order valence-corrected chi connectivity index (χ2v) is 9.95. The Morgan fingerprint density at radius 1 is 0.976 bits per heavy atom. The third-order valence-electron chi connectivity index (χ3n) is 6.65. The van der Waals surface area contributed by atoms with Crippen molar-refractivity contribution in [2.24, 2.45) is 5.73 Å². The van der Waals surface area contributed by atoms with Gasteiger partial charge in [-0.2, -0.15) is 0 Å². The molecule has 41 heavy (non-hydrogen) atoms. The molecular weight excluding hydrogens is 526 g/mol. The molecule has 0 radical (unpaired) electrons. The van der Waals surface area contributed by atoms with E-state index in [0.29, 0.717) is 43.6 Å². The van der Waals surface area contributed by atoms with E-state index in [1.807, 2.05) is 6.07 Å². The van der Waals surface area contributed by atoms with E-state index in [0.717, 1.165) is 11.1 Å². The Kier molecular flexibility index (Phi) is 11.6. The van der Waals surface area contributed by atoms with E-state index in [-0.39, 0.29) is 42.2 Å². The Morgan fingerprint density at radius 3 is 2.34 bits per heavy atom. The van der Waals surface area contributed by atoms with Gasteiger partial charge in [-0.25, -0.2) is 4.79 Å². The van der Waals surface area contributed by atoms with Crippen molar-refractivity contribution >= 4 is 17.8 Å². The molecule has 3 aromatic rings. The van der Waals surface area contributed by atoms with Gasteiger partial charge < -0.3 is 31.6 Å². The highest BCUT2D eigenvalue weighted by molar-refractivity contribution is 5.84. The second kappa shape index (κ2) is 15.3. The molecule has 218 valence electrons. The van der Waals surface area contributed by atoms with E-state index in [9.17, 15) is 29.4 Å². The summed E-state index contributed by atoms with van der Waals surface area (Å²) < 4.78 is 0. The van der Waals surface area contributed by atoms with E-state index in [1.54, 1.807) is 55.5 Å².